The minimum absolute atomic E-state index is 0.133. The Balaban J connectivity index is 1.54. The van der Waals surface area contributed by atoms with Crippen LogP contribution in [0.25, 0.3) is 16.9 Å². The number of carbonyl (C=O) groups is 1. The van der Waals surface area contributed by atoms with E-state index in [2.05, 4.69) is 10.2 Å². The molecule has 1 N–H and O–H groups in total. The molecule has 3 aromatic rings. The van der Waals surface area contributed by atoms with Crippen LogP contribution in [-0.2, 0) is 0 Å². The van der Waals surface area contributed by atoms with Gasteiger partial charge in [-0.05, 0) is 63.2 Å². The number of carbonyl (C=O) groups excluding carboxylic acids is 1. The van der Waals surface area contributed by atoms with Gasteiger partial charge in [-0.15, -0.1) is 0 Å². The molecule has 0 spiro atoms. The van der Waals surface area contributed by atoms with Crippen molar-refractivity contribution >= 4 is 5.91 Å². The Morgan fingerprint density at radius 3 is 2.47 bits per heavy atom. The second-order valence-corrected chi connectivity index (χ2v) is 8.60. The molecule has 0 bridgehead atoms. The third-order valence-electron chi connectivity index (χ3n) is 6.28. The molecule has 7 heteroatoms. The third kappa shape index (κ3) is 5.78. The van der Waals surface area contributed by atoms with Crippen molar-refractivity contribution in [1.29, 1.82) is 0 Å². The standard InChI is InChI=1S/C27H34N4O3/c1-33-22-13-14-23(25(19-22)34-2)26-24(20-31(29-26)21-11-6-5-7-12-21)27(32)28-15-10-18-30-16-8-3-4-9-17-30/h5-7,11-14,19-20H,3-4,8-10,15-18H2,1-2H3,(H,28,32). The molecule has 2 heterocycles. The van der Waals surface area contributed by atoms with Gasteiger partial charge in [0.15, 0.2) is 0 Å². The fourth-order valence-electron chi connectivity index (χ4n) is 4.41. The van der Waals surface area contributed by atoms with Gasteiger partial charge in [-0.2, -0.15) is 5.10 Å². The second kappa shape index (κ2) is 11.7. The smallest absolute Gasteiger partial charge is 0.255 e. The Morgan fingerprint density at radius 1 is 1.00 bits per heavy atom. The molecule has 1 aliphatic heterocycles. The number of hydrogen-bond donors (Lipinski definition) is 1. The van der Waals surface area contributed by atoms with Gasteiger partial charge in [0.1, 0.15) is 17.2 Å². The molecule has 180 valence electrons. The van der Waals surface area contributed by atoms with E-state index in [1.807, 2.05) is 42.5 Å². The van der Waals surface area contributed by atoms with E-state index >= 15 is 0 Å². The molecule has 2 aromatic carbocycles. The van der Waals surface area contributed by atoms with Crippen LogP contribution in [0.1, 0.15) is 42.5 Å². The number of ether oxygens (including phenoxy) is 2. The van der Waals surface area contributed by atoms with Gasteiger partial charge in [0.05, 0.1) is 25.5 Å². The van der Waals surface area contributed by atoms with Gasteiger partial charge < -0.3 is 19.7 Å². The van der Waals surface area contributed by atoms with Crippen LogP contribution in [0.5, 0.6) is 11.5 Å². The molecule has 1 saturated heterocycles. The molecule has 4 rings (SSSR count). The number of aromatic nitrogens is 2. The Kier molecular flexibility index (Phi) is 8.20. The van der Waals surface area contributed by atoms with Crippen LogP contribution in [-0.4, -0.2) is 61.0 Å². The van der Waals surface area contributed by atoms with Crippen molar-refractivity contribution in [3.63, 3.8) is 0 Å². The first kappa shape index (κ1) is 23.8. The highest BCUT2D eigenvalue weighted by molar-refractivity contribution is 6.00. The summed E-state index contributed by atoms with van der Waals surface area (Å²) in [6, 6.07) is 15.3. The lowest BCUT2D eigenvalue weighted by molar-refractivity contribution is 0.0952. The number of nitrogens with one attached hydrogen (secondary N) is 1. The van der Waals surface area contributed by atoms with Crippen molar-refractivity contribution in [1.82, 2.24) is 20.0 Å². The minimum Gasteiger partial charge on any atom is -0.497 e. The summed E-state index contributed by atoms with van der Waals surface area (Å²) in [7, 11) is 3.22. The zero-order valence-electron chi connectivity index (χ0n) is 20.1. The van der Waals surface area contributed by atoms with Crippen molar-refractivity contribution in [2.45, 2.75) is 32.1 Å². The van der Waals surface area contributed by atoms with E-state index in [-0.39, 0.29) is 5.91 Å². The zero-order valence-corrected chi connectivity index (χ0v) is 20.1. The summed E-state index contributed by atoms with van der Waals surface area (Å²) in [6.07, 6.45) is 7.93. The predicted octanol–water partition coefficient (Wildman–Crippen LogP) is 4.55. The summed E-state index contributed by atoms with van der Waals surface area (Å²) in [5, 5.41) is 7.88. The van der Waals surface area contributed by atoms with E-state index in [0.29, 0.717) is 29.3 Å². The van der Waals surface area contributed by atoms with Crippen LogP contribution >= 0.6 is 0 Å². The summed E-state index contributed by atoms with van der Waals surface area (Å²) >= 11 is 0. The average molecular weight is 463 g/mol. The maximum Gasteiger partial charge on any atom is 0.255 e. The van der Waals surface area contributed by atoms with Crippen LogP contribution < -0.4 is 14.8 Å². The first-order chi connectivity index (χ1) is 16.7. The highest BCUT2D eigenvalue weighted by Crippen LogP contribution is 2.34. The largest absolute Gasteiger partial charge is 0.497 e. The fraction of sp³-hybridized carbons (Fsp3) is 0.407. The SMILES string of the molecule is COc1ccc(-c2nn(-c3ccccc3)cc2C(=O)NCCCN2CCCCCC2)c(OC)c1. The Hall–Kier alpha value is -3.32. The quantitative estimate of drug-likeness (QED) is 0.473. The van der Waals surface area contributed by atoms with Crippen LogP contribution in [0.4, 0.5) is 0 Å². The molecule has 7 nitrogen and oxygen atoms in total. The van der Waals surface area contributed by atoms with Gasteiger partial charge in [-0.1, -0.05) is 31.0 Å². The second-order valence-electron chi connectivity index (χ2n) is 8.60. The lowest BCUT2D eigenvalue weighted by Crippen LogP contribution is -2.30. The highest BCUT2D eigenvalue weighted by atomic mass is 16.5. The first-order valence-electron chi connectivity index (χ1n) is 12.1. The maximum absolute atomic E-state index is 13.3. The number of nitrogens with zero attached hydrogens (tertiary/aromatic N) is 3. The fourth-order valence-corrected chi connectivity index (χ4v) is 4.41. The molecule has 1 aliphatic rings. The van der Waals surface area contributed by atoms with E-state index in [9.17, 15) is 4.79 Å². The van der Waals surface area contributed by atoms with Gasteiger partial charge in [0, 0.05) is 24.4 Å². The number of hydrogen-bond acceptors (Lipinski definition) is 5. The van der Waals surface area contributed by atoms with Crippen molar-refractivity contribution in [3.05, 3.63) is 60.3 Å². The monoisotopic (exact) mass is 462 g/mol. The number of amides is 1. The van der Waals surface area contributed by atoms with Crippen LogP contribution in [0.3, 0.4) is 0 Å². The topological polar surface area (TPSA) is 68.6 Å². The Morgan fingerprint density at radius 2 is 1.76 bits per heavy atom. The van der Waals surface area contributed by atoms with Crippen molar-refractivity contribution in [2.24, 2.45) is 0 Å². The number of rotatable bonds is 9. The van der Waals surface area contributed by atoms with Crippen LogP contribution in [0.2, 0.25) is 0 Å². The van der Waals surface area contributed by atoms with E-state index in [1.54, 1.807) is 31.2 Å². The minimum atomic E-state index is -0.133. The average Bonchev–Trinajstić information content (AvgIpc) is 3.16. The van der Waals surface area contributed by atoms with Crippen LogP contribution in [0.15, 0.2) is 54.7 Å². The number of para-hydroxylation sites is 1. The number of methoxy groups -OCH3 is 2. The van der Waals surface area contributed by atoms with E-state index in [4.69, 9.17) is 14.6 Å². The molecular formula is C27H34N4O3. The molecule has 1 amide bonds. The maximum atomic E-state index is 13.3. The van der Waals surface area contributed by atoms with Gasteiger partial charge in [0.2, 0.25) is 0 Å². The molecule has 1 fully saturated rings. The third-order valence-corrected chi connectivity index (χ3v) is 6.28. The van der Waals surface area contributed by atoms with E-state index < -0.39 is 0 Å². The molecule has 0 unspecified atom stereocenters. The van der Waals surface area contributed by atoms with Gasteiger partial charge in [-0.25, -0.2) is 4.68 Å². The van der Waals surface area contributed by atoms with Gasteiger partial charge in [0.25, 0.3) is 5.91 Å². The van der Waals surface area contributed by atoms with Crippen molar-refractivity contribution in [2.75, 3.05) is 40.4 Å². The predicted molar refractivity (Wildman–Crippen MR) is 134 cm³/mol. The first-order valence-corrected chi connectivity index (χ1v) is 12.1. The number of likely N-dealkylation sites (tertiary alicyclic amines) is 1. The molecular weight excluding hydrogens is 428 g/mol. The lowest BCUT2D eigenvalue weighted by Gasteiger charge is -2.19. The molecule has 0 atom stereocenters. The summed E-state index contributed by atoms with van der Waals surface area (Å²) in [4.78, 5) is 15.8. The van der Waals surface area contributed by atoms with Gasteiger partial charge in [-0.3, -0.25) is 4.79 Å². The van der Waals surface area contributed by atoms with Gasteiger partial charge >= 0.3 is 0 Å². The molecule has 1 aromatic heterocycles. The Bertz CT molecular complexity index is 1070. The van der Waals surface area contributed by atoms with E-state index in [1.165, 1.54) is 38.8 Å². The summed E-state index contributed by atoms with van der Waals surface area (Å²) in [6.45, 7) is 3.98. The molecule has 34 heavy (non-hydrogen) atoms. The summed E-state index contributed by atoms with van der Waals surface area (Å²) in [5.74, 6) is 1.15. The summed E-state index contributed by atoms with van der Waals surface area (Å²) in [5.41, 5.74) is 2.72. The lowest BCUT2D eigenvalue weighted by atomic mass is 10.1. The normalized spacial score (nSPS) is 14.4. The molecule has 0 saturated carbocycles. The van der Waals surface area contributed by atoms with E-state index in [0.717, 1.165) is 24.2 Å². The van der Waals surface area contributed by atoms with Crippen LogP contribution in [0, 0.1) is 0 Å². The molecule has 0 radical (unpaired) electrons. The zero-order chi connectivity index (χ0) is 23.8. The highest BCUT2D eigenvalue weighted by Gasteiger charge is 2.21. The molecule has 0 aliphatic carbocycles. The van der Waals surface area contributed by atoms with Crippen molar-refractivity contribution < 1.29 is 14.3 Å². The summed E-state index contributed by atoms with van der Waals surface area (Å²) < 4.78 is 12.7. The number of benzene rings is 2. The Labute approximate surface area is 201 Å². The van der Waals surface area contributed by atoms with Crippen molar-refractivity contribution in [3.8, 4) is 28.4 Å².